The molecule has 1 saturated heterocycles. The summed E-state index contributed by atoms with van der Waals surface area (Å²) >= 11 is 0. The molecule has 0 bridgehead atoms. The molecular weight excluding hydrogens is 362 g/mol. The third-order valence-corrected chi connectivity index (χ3v) is 4.52. The summed E-state index contributed by atoms with van der Waals surface area (Å²) in [5.41, 5.74) is 0.777. The van der Waals surface area contributed by atoms with Gasteiger partial charge in [-0.3, -0.25) is 24.6 Å². The van der Waals surface area contributed by atoms with Crippen LogP contribution in [-0.4, -0.2) is 41.5 Å². The monoisotopic (exact) mass is 383 g/mol. The van der Waals surface area contributed by atoms with Gasteiger partial charge in [-0.1, -0.05) is 12.1 Å². The predicted molar refractivity (Wildman–Crippen MR) is 103 cm³/mol. The summed E-state index contributed by atoms with van der Waals surface area (Å²) in [4.78, 5) is 38.9. The number of nitro groups is 1. The van der Waals surface area contributed by atoms with Gasteiger partial charge in [0, 0.05) is 30.8 Å². The Balaban J connectivity index is 1.96. The number of ether oxygens (including phenoxy) is 1. The number of non-ortho nitro benzene ring substituents is 1. The van der Waals surface area contributed by atoms with Crippen LogP contribution in [0.25, 0.3) is 0 Å². The predicted octanol–water partition coefficient (Wildman–Crippen LogP) is 3.22. The van der Waals surface area contributed by atoms with Crippen LogP contribution >= 0.6 is 0 Å². The van der Waals surface area contributed by atoms with E-state index < -0.39 is 4.92 Å². The van der Waals surface area contributed by atoms with Gasteiger partial charge in [0.05, 0.1) is 17.1 Å². The van der Waals surface area contributed by atoms with Gasteiger partial charge in [0.1, 0.15) is 12.4 Å². The minimum Gasteiger partial charge on any atom is -0.493 e. The standard InChI is InChI=1S/C20H21N3O5/c1-2-28-18-7-4-3-6-17(18)20(25)22(14-21-13-5-8-19(21)24)15-9-11-16(12-10-15)23(26)27/h3-4,6-7,9-12H,2,5,8,13-14H2,1H3. The zero-order chi connectivity index (χ0) is 20.1. The molecule has 2 aromatic rings. The van der Waals surface area contributed by atoms with Gasteiger partial charge in [0.25, 0.3) is 11.6 Å². The Bertz CT molecular complexity index is 882. The van der Waals surface area contributed by atoms with Crippen LogP contribution < -0.4 is 9.64 Å². The molecule has 0 aromatic heterocycles. The van der Waals surface area contributed by atoms with E-state index in [4.69, 9.17) is 4.74 Å². The van der Waals surface area contributed by atoms with Gasteiger partial charge in [-0.2, -0.15) is 0 Å². The van der Waals surface area contributed by atoms with Crippen molar-refractivity contribution in [2.45, 2.75) is 19.8 Å². The number of carbonyl (C=O) groups is 2. The summed E-state index contributed by atoms with van der Waals surface area (Å²) < 4.78 is 5.57. The zero-order valence-electron chi connectivity index (χ0n) is 15.5. The van der Waals surface area contributed by atoms with Crippen molar-refractivity contribution in [2.24, 2.45) is 0 Å². The molecule has 1 fully saturated rings. The molecule has 1 aliphatic heterocycles. The largest absolute Gasteiger partial charge is 0.493 e. The fourth-order valence-electron chi connectivity index (χ4n) is 3.11. The van der Waals surface area contributed by atoms with Crippen molar-refractivity contribution in [1.29, 1.82) is 0 Å². The number of nitro benzene ring substituents is 1. The maximum atomic E-state index is 13.3. The van der Waals surface area contributed by atoms with Crippen molar-refractivity contribution in [3.8, 4) is 5.75 Å². The van der Waals surface area contributed by atoms with Crippen molar-refractivity contribution >= 4 is 23.2 Å². The minimum absolute atomic E-state index is 0.0159. The molecule has 1 heterocycles. The first-order chi connectivity index (χ1) is 13.5. The van der Waals surface area contributed by atoms with Gasteiger partial charge in [-0.05, 0) is 37.6 Å². The van der Waals surface area contributed by atoms with Gasteiger partial charge in [0.15, 0.2) is 0 Å². The molecule has 0 unspecified atom stereocenters. The summed E-state index contributed by atoms with van der Waals surface area (Å²) in [5, 5.41) is 10.9. The maximum absolute atomic E-state index is 13.3. The fraction of sp³-hybridized carbons (Fsp3) is 0.300. The van der Waals surface area contributed by atoms with Crippen LogP contribution in [0.5, 0.6) is 5.75 Å². The van der Waals surface area contributed by atoms with Crippen LogP contribution in [0.1, 0.15) is 30.1 Å². The number of amides is 2. The number of anilines is 1. The number of carbonyl (C=O) groups excluding carboxylic acids is 2. The van der Waals surface area contributed by atoms with E-state index in [1.54, 1.807) is 29.2 Å². The second-order valence-electron chi connectivity index (χ2n) is 6.34. The van der Waals surface area contributed by atoms with Crippen LogP contribution in [0.3, 0.4) is 0 Å². The second kappa shape index (κ2) is 8.51. The molecule has 0 N–H and O–H groups in total. The Morgan fingerprint density at radius 2 is 1.93 bits per heavy atom. The van der Waals surface area contributed by atoms with Crippen molar-refractivity contribution in [1.82, 2.24) is 4.90 Å². The smallest absolute Gasteiger partial charge is 0.269 e. The lowest BCUT2D eigenvalue weighted by Gasteiger charge is -2.28. The van der Waals surface area contributed by atoms with E-state index in [1.165, 1.54) is 29.2 Å². The Morgan fingerprint density at radius 3 is 2.54 bits per heavy atom. The lowest BCUT2D eigenvalue weighted by atomic mass is 10.1. The van der Waals surface area contributed by atoms with Gasteiger partial charge >= 0.3 is 0 Å². The summed E-state index contributed by atoms with van der Waals surface area (Å²) in [6.45, 7) is 2.89. The molecule has 0 aliphatic carbocycles. The summed E-state index contributed by atoms with van der Waals surface area (Å²) in [6, 6.07) is 12.6. The molecule has 2 aromatic carbocycles. The normalized spacial score (nSPS) is 13.5. The van der Waals surface area contributed by atoms with E-state index in [0.717, 1.165) is 6.42 Å². The van der Waals surface area contributed by atoms with Crippen LogP contribution in [0.15, 0.2) is 48.5 Å². The number of para-hydroxylation sites is 1. The molecule has 0 spiro atoms. The highest BCUT2D eigenvalue weighted by molar-refractivity contribution is 6.08. The number of benzene rings is 2. The molecule has 0 radical (unpaired) electrons. The van der Waals surface area contributed by atoms with Crippen molar-refractivity contribution in [3.05, 3.63) is 64.2 Å². The average Bonchev–Trinajstić information content (AvgIpc) is 3.11. The number of rotatable bonds is 7. The molecule has 28 heavy (non-hydrogen) atoms. The molecule has 2 amide bonds. The Hall–Kier alpha value is -3.42. The highest BCUT2D eigenvalue weighted by Gasteiger charge is 2.28. The van der Waals surface area contributed by atoms with E-state index in [-0.39, 0.29) is 24.2 Å². The number of likely N-dealkylation sites (tertiary alicyclic amines) is 1. The number of hydrogen-bond acceptors (Lipinski definition) is 5. The molecule has 1 aliphatic rings. The van der Waals surface area contributed by atoms with E-state index >= 15 is 0 Å². The van der Waals surface area contributed by atoms with Gasteiger partial charge < -0.3 is 9.64 Å². The molecule has 0 atom stereocenters. The van der Waals surface area contributed by atoms with E-state index in [0.29, 0.717) is 36.6 Å². The number of hydrogen-bond donors (Lipinski definition) is 0. The first-order valence-corrected chi connectivity index (χ1v) is 9.07. The summed E-state index contributed by atoms with van der Waals surface area (Å²) in [6.07, 6.45) is 1.20. The fourth-order valence-corrected chi connectivity index (χ4v) is 3.11. The topological polar surface area (TPSA) is 93.0 Å². The van der Waals surface area contributed by atoms with Crippen LogP contribution in [0.2, 0.25) is 0 Å². The molecule has 0 saturated carbocycles. The van der Waals surface area contributed by atoms with Crippen LogP contribution in [0, 0.1) is 10.1 Å². The quantitative estimate of drug-likeness (QED) is 0.541. The van der Waals surface area contributed by atoms with Crippen molar-refractivity contribution in [2.75, 3.05) is 24.7 Å². The van der Waals surface area contributed by atoms with Crippen LogP contribution in [0.4, 0.5) is 11.4 Å². The van der Waals surface area contributed by atoms with Crippen LogP contribution in [-0.2, 0) is 4.79 Å². The third kappa shape index (κ3) is 4.11. The molecular formula is C20H21N3O5. The molecule has 8 heteroatoms. The Kier molecular flexibility index (Phi) is 5.88. The molecule has 3 rings (SSSR count). The minimum atomic E-state index is -0.496. The van der Waals surface area contributed by atoms with Gasteiger partial charge in [-0.25, -0.2) is 0 Å². The van der Waals surface area contributed by atoms with Crippen molar-refractivity contribution in [3.63, 3.8) is 0 Å². The lowest BCUT2D eigenvalue weighted by Crippen LogP contribution is -2.42. The van der Waals surface area contributed by atoms with E-state index in [1.807, 2.05) is 6.92 Å². The first-order valence-electron chi connectivity index (χ1n) is 9.07. The zero-order valence-corrected chi connectivity index (χ0v) is 15.5. The lowest BCUT2D eigenvalue weighted by molar-refractivity contribution is -0.384. The SMILES string of the molecule is CCOc1ccccc1C(=O)N(CN1CCCC1=O)c1ccc([N+](=O)[O-])cc1. The summed E-state index contributed by atoms with van der Waals surface area (Å²) in [5.74, 6) is 0.102. The van der Waals surface area contributed by atoms with Crippen molar-refractivity contribution < 1.29 is 19.2 Å². The third-order valence-electron chi connectivity index (χ3n) is 4.52. The molecule has 8 nitrogen and oxygen atoms in total. The maximum Gasteiger partial charge on any atom is 0.269 e. The number of nitrogens with zero attached hydrogens (tertiary/aromatic N) is 3. The molecule has 146 valence electrons. The first kappa shape index (κ1) is 19.3. The van der Waals surface area contributed by atoms with E-state index in [2.05, 4.69) is 0 Å². The van der Waals surface area contributed by atoms with Gasteiger partial charge in [-0.15, -0.1) is 0 Å². The summed E-state index contributed by atoms with van der Waals surface area (Å²) in [7, 11) is 0. The average molecular weight is 383 g/mol. The Morgan fingerprint density at radius 1 is 1.21 bits per heavy atom. The van der Waals surface area contributed by atoms with Gasteiger partial charge in [0.2, 0.25) is 5.91 Å². The Labute approximate surface area is 162 Å². The highest BCUT2D eigenvalue weighted by Crippen LogP contribution is 2.26. The highest BCUT2D eigenvalue weighted by atomic mass is 16.6. The second-order valence-corrected chi connectivity index (χ2v) is 6.34. The van der Waals surface area contributed by atoms with E-state index in [9.17, 15) is 19.7 Å².